The maximum Gasteiger partial charge on any atom is 0.173 e. The number of benzene rings is 2. The third-order valence-electron chi connectivity index (χ3n) is 6.80. The number of nitrogens with one attached hydrogen (secondary N) is 1. The standard InChI is InChI=1S/C30H29ClN8S/c1-20-27(30-35-25(15-21-7-9-24(31)10-8-21)28(40-30)29-33-19-34-36-29)26-16-23(11-13-39(26)37-20)18-38(14-12-32)17-22-5-3-2-4-6-22/h2-11,13,16,19H,12,14-15,17-18,32H2,1H3,(H,33,34,36). The topological polar surface area (TPSA) is 101 Å². The monoisotopic (exact) mass is 568 g/mol. The highest BCUT2D eigenvalue weighted by molar-refractivity contribution is 7.18. The van der Waals surface area contributed by atoms with Gasteiger partial charge < -0.3 is 10.7 Å². The lowest BCUT2D eigenvalue weighted by molar-refractivity contribution is 0.264. The van der Waals surface area contributed by atoms with Gasteiger partial charge in [-0.15, -0.1) is 21.5 Å². The zero-order valence-corrected chi connectivity index (χ0v) is 23.7. The minimum atomic E-state index is 0.603. The summed E-state index contributed by atoms with van der Waals surface area (Å²) in [6.07, 6.45) is 4.28. The van der Waals surface area contributed by atoms with Crippen molar-refractivity contribution in [3.8, 4) is 21.3 Å². The lowest BCUT2D eigenvalue weighted by Crippen LogP contribution is -2.28. The Labute approximate surface area is 241 Å². The number of H-pyrrole nitrogens is 1. The van der Waals surface area contributed by atoms with Gasteiger partial charge in [-0.1, -0.05) is 54.1 Å². The molecule has 0 fully saturated rings. The van der Waals surface area contributed by atoms with E-state index in [-0.39, 0.29) is 0 Å². The van der Waals surface area contributed by atoms with Crippen LogP contribution < -0.4 is 5.73 Å². The molecule has 0 aliphatic heterocycles. The van der Waals surface area contributed by atoms with Crippen molar-refractivity contribution in [2.45, 2.75) is 26.4 Å². The van der Waals surface area contributed by atoms with Gasteiger partial charge in [0.25, 0.3) is 0 Å². The molecule has 0 bridgehead atoms. The van der Waals surface area contributed by atoms with E-state index in [9.17, 15) is 0 Å². The van der Waals surface area contributed by atoms with E-state index in [1.807, 2.05) is 48.0 Å². The molecule has 40 heavy (non-hydrogen) atoms. The van der Waals surface area contributed by atoms with Gasteiger partial charge in [-0.25, -0.2) is 9.50 Å². The van der Waals surface area contributed by atoms with Crippen LogP contribution in [0.15, 0.2) is 79.3 Å². The third-order valence-corrected chi connectivity index (χ3v) is 8.18. The summed E-state index contributed by atoms with van der Waals surface area (Å²) >= 11 is 7.72. The van der Waals surface area contributed by atoms with Crippen LogP contribution in [-0.2, 0) is 19.5 Å². The molecule has 2 aromatic carbocycles. The molecule has 202 valence electrons. The summed E-state index contributed by atoms with van der Waals surface area (Å²) < 4.78 is 1.94. The van der Waals surface area contributed by atoms with Gasteiger partial charge >= 0.3 is 0 Å². The number of thiazole rings is 1. The van der Waals surface area contributed by atoms with E-state index in [1.54, 1.807) is 17.7 Å². The first-order chi connectivity index (χ1) is 19.6. The van der Waals surface area contributed by atoms with Crippen molar-refractivity contribution in [3.63, 3.8) is 0 Å². The quantitative estimate of drug-likeness (QED) is 0.218. The first-order valence-corrected chi connectivity index (χ1v) is 14.3. The largest absolute Gasteiger partial charge is 0.329 e. The second kappa shape index (κ2) is 11.7. The van der Waals surface area contributed by atoms with Crippen molar-refractivity contribution in [1.82, 2.24) is 34.7 Å². The molecule has 4 aromatic heterocycles. The summed E-state index contributed by atoms with van der Waals surface area (Å²) in [4.78, 5) is 11.6. The molecule has 0 aliphatic rings. The molecule has 8 nitrogen and oxygen atoms in total. The molecule has 10 heteroatoms. The SMILES string of the molecule is Cc1nn2ccc(CN(CCN)Cc3ccccc3)cc2c1-c1nc(Cc2ccc(Cl)cc2)c(-c2nnc[nH]2)s1. The van der Waals surface area contributed by atoms with Crippen LogP contribution >= 0.6 is 22.9 Å². The number of aromatic amines is 1. The van der Waals surface area contributed by atoms with E-state index in [0.717, 1.165) is 57.6 Å². The van der Waals surface area contributed by atoms with Crippen molar-refractivity contribution in [2.75, 3.05) is 13.1 Å². The van der Waals surface area contributed by atoms with Gasteiger partial charge in [0.2, 0.25) is 0 Å². The Morgan fingerprint density at radius 1 is 1.00 bits per heavy atom. The molecular weight excluding hydrogens is 540 g/mol. The number of halogens is 1. The van der Waals surface area contributed by atoms with Gasteiger partial charge in [0, 0.05) is 43.8 Å². The molecule has 0 unspecified atom stereocenters. The van der Waals surface area contributed by atoms with Crippen molar-refractivity contribution in [2.24, 2.45) is 5.73 Å². The molecule has 0 saturated carbocycles. The summed E-state index contributed by atoms with van der Waals surface area (Å²) in [5.41, 5.74) is 13.5. The van der Waals surface area contributed by atoms with Crippen LogP contribution in [-0.4, -0.2) is 47.8 Å². The molecule has 0 spiro atoms. The number of hydrogen-bond donors (Lipinski definition) is 2. The minimum absolute atomic E-state index is 0.603. The average molecular weight is 569 g/mol. The summed E-state index contributed by atoms with van der Waals surface area (Å²) in [5.74, 6) is 0.709. The molecule has 0 amide bonds. The second-order valence-electron chi connectivity index (χ2n) is 9.75. The Bertz CT molecular complexity index is 1710. The maximum atomic E-state index is 6.12. The fourth-order valence-electron chi connectivity index (χ4n) is 4.94. The number of aromatic nitrogens is 6. The first-order valence-electron chi connectivity index (χ1n) is 13.1. The summed E-state index contributed by atoms with van der Waals surface area (Å²) in [7, 11) is 0. The minimum Gasteiger partial charge on any atom is -0.329 e. The first kappa shape index (κ1) is 26.3. The van der Waals surface area contributed by atoms with E-state index in [0.29, 0.717) is 23.8 Å². The number of aryl methyl sites for hydroxylation is 1. The van der Waals surface area contributed by atoms with Crippen LogP contribution in [0.1, 0.15) is 28.1 Å². The van der Waals surface area contributed by atoms with Crippen LogP contribution in [0.2, 0.25) is 5.02 Å². The molecule has 6 rings (SSSR count). The summed E-state index contributed by atoms with van der Waals surface area (Å²) in [5, 5.41) is 14.7. The maximum absolute atomic E-state index is 6.12. The Morgan fingerprint density at radius 2 is 1.80 bits per heavy atom. The van der Waals surface area contributed by atoms with Crippen LogP contribution in [0.4, 0.5) is 0 Å². The molecular formula is C30H29ClN8S. The van der Waals surface area contributed by atoms with Gasteiger partial charge in [0.1, 0.15) is 11.3 Å². The zero-order valence-electron chi connectivity index (χ0n) is 22.1. The lowest BCUT2D eigenvalue weighted by atomic mass is 10.1. The van der Waals surface area contributed by atoms with Crippen LogP contribution in [0, 0.1) is 6.92 Å². The number of pyridine rings is 1. The second-order valence-corrected chi connectivity index (χ2v) is 11.2. The van der Waals surface area contributed by atoms with Gasteiger partial charge in [-0.05, 0) is 47.9 Å². The lowest BCUT2D eigenvalue weighted by Gasteiger charge is -2.22. The molecule has 0 atom stereocenters. The van der Waals surface area contributed by atoms with E-state index in [4.69, 9.17) is 27.4 Å². The molecule has 3 N–H and O–H groups in total. The van der Waals surface area contributed by atoms with Gasteiger partial charge in [-0.3, -0.25) is 4.90 Å². The van der Waals surface area contributed by atoms with Crippen molar-refractivity contribution in [3.05, 3.63) is 112 Å². The number of rotatable bonds is 10. The summed E-state index contributed by atoms with van der Waals surface area (Å²) in [6, 6.07) is 22.7. The van der Waals surface area contributed by atoms with Crippen LogP contribution in [0.3, 0.4) is 0 Å². The fraction of sp³-hybridized carbons (Fsp3) is 0.200. The third kappa shape index (κ3) is 5.68. The van der Waals surface area contributed by atoms with Crippen molar-refractivity contribution < 1.29 is 0 Å². The highest BCUT2D eigenvalue weighted by Crippen LogP contribution is 2.38. The molecule has 0 radical (unpaired) electrons. The average Bonchev–Trinajstić information content (AvgIpc) is 3.69. The van der Waals surface area contributed by atoms with Gasteiger partial charge in [-0.2, -0.15) is 5.10 Å². The molecule has 4 heterocycles. The van der Waals surface area contributed by atoms with E-state index in [2.05, 4.69) is 56.5 Å². The van der Waals surface area contributed by atoms with Gasteiger partial charge in [0.15, 0.2) is 5.82 Å². The smallest absolute Gasteiger partial charge is 0.173 e. The Balaban J connectivity index is 1.36. The van der Waals surface area contributed by atoms with Crippen LogP contribution in [0.25, 0.3) is 26.8 Å². The Morgan fingerprint density at radius 3 is 2.55 bits per heavy atom. The highest BCUT2D eigenvalue weighted by Gasteiger charge is 2.22. The highest BCUT2D eigenvalue weighted by atomic mass is 35.5. The zero-order chi connectivity index (χ0) is 27.5. The Kier molecular flexibility index (Phi) is 7.70. The number of hydrogen-bond acceptors (Lipinski definition) is 7. The van der Waals surface area contributed by atoms with Crippen molar-refractivity contribution >= 4 is 28.5 Å². The normalized spacial score (nSPS) is 11.6. The number of nitrogens with zero attached hydrogens (tertiary/aromatic N) is 6. The number of nitrogens with two attached hydrogens (primary N) is 1. The predicted octanol–water partition coefficient (Wildman–Crippen LogP) is 5.76. The van der Waals surface area contributed by atoms with Crippen LogP contribution in [0.5, 0.6) is 0 Å². The predicted molar refractivity (Wildman–Crippen MR) is 160 cm³/mol. The number of fused-ring (bicyclic) bond motifs is 1. The fourth-order valence-corrected chi connectivity index (χ4v) is 6.20. The van der Waals surface area contributed by atoms with E-state index < -0.39 is 0 Å². The van der Waals surface area contributed by atoms with E-state index >= 15 is 0 Å². The molecule has 0 saturated heterocycles. The molecule has 6 aromatic rings. The van der Waals surface area contributed by atoms with E-state index in [1.165, 1.54) is 11.1 Å². The van der Waals surface area contributed by atoms with Crippen molar-refractivity contribution in [1.29, 1.82) is 0 Å². The Hall–Kier alpha value is -3.89. The summed E-state index contributed by atoms with van der Waals surface area (Å²) in [6.45, 7) is 5.08. The molecule has 0 aliphatic carbocycles. The van der Waals surface area contributed by atoms with Gasteiger partial charge in [0.05, 0.1) is 27.3 Å².